The van der Waals surface area contributed by atoms with Crippen LogP contribution in [0.1, 0.15) is 30.1 Å². The Labute approximate surface area is 94.7 Å². The lowest BCUT2D eigenvalue weighted by Crippen LogP contribution is -2.27. The van der Waals surface area contributed by atoms with Gasteiger partial charge in [0.15, 0.2) is 0 Å². The highest BCUT2D eigenvalue weighted by Gasteiger charge is 2.16. The van der Waals surface area contributed by atoms with Crippen LogP contribution < -0.4 is 5.32 Å². The van der Waals surface area contributed by atoms with Crippen LogP contribution in [-0.2, 0) is 0 Å². The van der Waals surface area contributed by atoms with Crippen molar-refractivity contribution in [3.05, 3.63) is 29.8 Å². The van der Waals surface area contributed by atoms with E-state index in [1.54, 1.807) is 0 Å². The van der Waals surface area contributed by atoms with Crippen molar-refractivity contribution in [1.82, 2.24) is 19.7 Å². The molecule has 1 saturated heterocycles. The lowest BCUT2D eigenvalue weighted by Gasteiger charge is -2.21. The van der Waals surface area contributed by atoms with Crippen LogP contribution in [0.15, 0.2) is 18.5 Å². The van der Waals surface area contributed by atoms with Gasteiger partial charge in [-0.15, -0.1) is 0 Å². The number of imidazole rings is 1. The monoisotopic (exact) mass is 216 g/mol. The molecule has 2 aromatic heterocycles. The maximum Gasteiger partial charge on any atom is 0.234 e. The van der Waals surface area contributed by atoms with E-state index in [0.717, 1.165) is 24.6 Å². The maximum absolute atomic E-state index is 4.64. The summed E-state index contributed by atoms with van der Waals surface area (Å²) in [7, 11) is 0. The molecule has 1 N–H and O–H groups in total. The SMILES string of the molecule is Cc1cn2ccc(C3CCNCC3)nc2n1. The van der Waals surface area contributed by atoms with E-state index in [1.165, 1.54) is 18.5 Å². The summed E-state index contributed by atoms with van der Waals surface area (Å²) in [6, 6.07) is 2.13. The minimum atomic E-state index is 0.600. The van der Waals surface area contributed by atoms with E-state index < -0.39 is 0 Å². The zero-order valence-electron chi connectivity index (χ0n) is 9.48. The van der Waals surface area contributed by atoms with Crippen molar-refractivity contribution in [2.45, 2.75) is 25.7 Å². The van der Waals surface area contributed by atoms with Gasteiger partial charge in [-0.2, -0.15) is 0 Å². The minimum absolute atomic E-state index is 0.600. The molecule has 84 valence electrons. The first-order valence-corrected chi connectivity index (χ1v) is 5.86. The highest BCUT2D eigenvalue weighted by Crippen LogP contribution is 2.23. The Morgan fingerprint density at radius 2 is 2.12 bits per heavy atom. The van der Waals surface area contributed by atoms with Crippen LogP contribution in [0, 0.1) is 6.92 Å². The molecule has 0 bridgehead atoms. The molecule has 2 aromatic rings. The number of piperidine rings is 1. The lowest BCUT2D eigenvalue weighted by molar-refractivity contribution is 0.453. The molecule has 3 heterocycles. The molecular formula is C12H16N4. The molecule has 1 fully saturated rings. The van der Waals surface area contributed by atoms with Crippen LogP contribution in [-0.4, -0.2) is 27.5 Å². The van der Waals surface area contributed by atoms with E-state index >= 15 is 0 Å². The highest BCUT2D eigenvalue weighted by atomic mass is 15.1. The molecule has 1 aliphatic heterocycles. The zero-order valence-corrected chi connectivity index (χ0v) is 9.48. The van der Waals surface area contributed by atoms with Gasteiger partial charge in [-0.05, 0) is 38.9 Å². The molecule has 0 spiro atoms. The number of hydrogen-bond acceptors (Lipinski definition) is 3. The van der Waals surface area contributed by atoms with Gasteiger partial charge in [0.25, 0.3) is 0 Å². The molecule has 16 heavy (non-hydrogen) atoms. The third-order valence-corrected chi connectivity index (χ3v) is 3.23. The molecule has 0 saturated carbocycles. The quantitative estimate of drug-likeness (QED) is 0.785. The number of nitrogens with zero attached hydrogens (tertiary/aromatic N) is 3. The first-order chi connectivity index (χ1) is 7.83. The van der Waals surface area contributed by atoms with Crippen molar-refractivity contribution in [2.75, 3.05) is 13.1 Å². The summed E-state index contributed by atoms with van der Waals surface area (Å²) < 4.78 is 1.99. The van der Waals surface area contributed by atoms with E-state index in [1.807, 2.05) is 17.5 Å². The third kappa shape index (κ3) is 1.69. The fourth-order valence-corrected chi connectivity index (χ4v) is 2.35. The van der Waals surface area contributed by atoms with Gasteiger partial charge in [0.2, 0.25) is 5.78 Å². The average Bonchev–Trinajstić information content (AvgIpc) is 2.69. The molecule has 1 aliphatic rings. The molecule has 0 radical (unpaired) electrons. The Bertz CT molecular complexity index is 497. The Morgan fingerprint density at radius 3 is 2.94 bits per heavy atom. The second kappa shape index (κ2) is 3.87. The van der Waals surface area contributed by atoms with Gasteiger partial charge >= 0.3 is 0 Å². The average molecular weight is 216 g/mol. The fourth-order valence-electron chi connectivity index (χ4n) is 2.35. The number of rotatable bonds is 1. The predicted octanol–water partition coefficient (Wildman–Crippen LogP) is 1.50. The number of fused-ring (bicyclic) bond motifs is 1. The van der Waals surface area contributed by atoms with Gasteiger partial charge in [-0.3, -0.25) is 4.40 Å². The molecule has 4 heteroatoms. The maximum atomic E-state index is 4.64. The van der Waals surface area contributed by atoms with Crippen molar-refractivity contribution in [3.63, 3.8) is 0 Å². The van der Waals surface area contributed by atoms with Crippen molar-refractivity contribution >= 4 is 5.78 Å². The number of nitrogens with one attached hydrogen (secondary N) is 1. The molecule has 3 rings (SSSR count). The highest BCUT2D eigenvalue weighted by molar-refractivity contribution is 5.32. The zero-order chi connectivity index (χ0) is 11.0. The Hall–Kier alpha value is -1.42. The Morgan fingerprint density at radius 1 is 1.31 bits per heavy atom. The van der Waals surface area contributed by atoms with Crippen LogP contribution >= 0.6 is 0 Å². The standard InChI is InChI=1S/C12H16N4/c1-9-8-16-7-4-11(15-12(16)14-9)10-2-5-13-6-3-10/h4,7-8,10,13H,2-3,5-6H2,1H3. The van der Waals surface area contributed by atoms with Crippen LogP contribution in [0.2, 0.25) is 0 Å². The van der Waals surface area contributed by atoms with Crippen LogP contribution in [0.5, 0.6) is 0 Å². The molecule has 0 aliphatic carbocycles. The summed E-state index contributed by atoms with van der Waals surface area (Å²) in [5.74, 6) is 1.43. The topological polar surface area (TPSA) is 42.2 Å². The molecule has 0 amide bonds. The van der Waals surface area contributed by atoms with Crippen LogP contribution in [0.25, 0.3) is 5.78 Å². The summed E-state index contributed by atoms with van der Waals surface area (Å²) in [5, 5.41) is 3.38. The number of aromatic nitrogens is 3. The van der Waals surface area contributed by atoms with Gasteiger partial charge in [-0.1, -0.05) is 0 Å². The summed E-state index contributed by atoms with van der Waals surface area (Å²) in [6.07, 6.45) is 6.44. The molecular weight excluding hydrogens is 200 g/mol. The van der Waals surface area contributed by atoms with Gasteiger partial charge in [0.05, 0.1) is 5.69 Å². The van der Waals surface area contributed by atoms with E-state index in [-0.39, 0.29) is 0 Å². The van der Waals surface area contributed by atoms with Crippen molar-refractivity contribution in [1.29, 1.82) is 0 Å². The lowest BCUT2D eigenvalue weighted by atomic mass is 9.94. The molecule has 0 atom stereocenters. The third-order valence-electron chi connectivity index (χ3n) is 3.23. The van der Waals surface area contributed by atoms with Gasteiger partial charge in [0.1, 0.15) is 0 Å². The van der Waals surface area contributed by atoms with Gasteiger partial charge < -0.3 is 5.32 Å². The largest absolute Gasteiger partial charge is 0.317 e. The summed E-state index contributed by atoms with van der Waals surface area (Å²) >= 11 is 0. The summed E-state index contributed by atoms with van der Waals surface area (Å²) in [5.41, 5.74) is 2.22. The van der Waals surface area contributed by atoms with E-state index in [0.29, 0.717) is 5.92 Å². The molecule has 0 aromatic carbocycles. The second-order valence-corrected chi connectivity index (χ2v) is 4.47. The summed E-state index contributed by atoms with van der Waals surface area (Å²) in [4.78, 5) is 9.05. The Balaban J connectivity index is 1.97. The van der Waals surface area contributed by atoms with Crippen molar-refractivity contribution < 1.29 is 0 Å². The predicted molar refractivity (Wildman–Crippen MR) is 62.6 cm³/mol. The minimum Gasteiger partial charge on any atom is -0.317 e. The van der Waals surface area contributed by atoms with Gasteiger partial charge in [0, 0.05) is 24.0 Å². The van der Waals surface area contributed by atoms with E-state index in [4.69, 9.17) is 0 Å². The smallest absolute Gasteiger partial charge is 0.234 e. The number of aryl methyl sites for hydroxylation is 1. The van der Waals surface area contributed by atoms with E-state index in [9.17, 15) is 0 Å². The number of hydrogen-bond donors (Lipinski definition) is 1. The van der Waals surface area contributed by atoms with Crippen molar-refractivity contribution in [2.24, 2.45) is 0 Å². The van der Waals surface area contributed by atoms with Crippen LogP contribution in [0.3, 0.4) is 0 Å². The van der Waals surface area contributed by atoms with Crippen LogP contribution in [0.4, 0.5) is 0 Å². The normalized spacial score (nSPS) is 18.1. The first-order valence-electron chi connectivity index (χ1n) is 5.86. The van der Waals surface area contributed by atoms with Gasteiger partial charge in [-0.25, -0.2) is 9.97 Å². The Kier molecular flexibility index (Phi) is 2.36. The molecule has 4 nitrogen and oxygen atoms in total. The molecule has 0 unspecified atom stereocenters. The first kappa shape index (κ1) is 9.78. The van der Waals surface area contributed by atoms with E-state index in [2.05, 4.69) is 27.5 Å². The fraction of sp³-hybridized carbons (Fsp3) is 0.500. The summed E-state index contributed by atoms with van der Waals surface area (Å²) in [6.45, 7) is 4.20. The van der Waals surface area contributed by atoms with Crippen molar-refractivity contribution in [3.8, 4) is 0 Å². The second-order valence-electron chi connectivity index (χ2n) is 4.47.